The summed E-state index contributed by atoms with van der Waals surface area (Å²) < 4.78 is 0. The van der Waals surface area contributed by atoms with Crippen LogP contribution in [-0.4, -0.2) is 28.7 Å². The summed E-state index contributed by atoms with van der Waals surface area (Å²) in [5.41, 5.74) is 5.37. The number of hydrogen-bond donors (Lipinski definition) is 1. The van der Waals surface area contributed by atoms with Gasteiger partial charge in [-0.3, -0.25) is 9.59 Å². The molecule has 198 valence electrons. The van der Waals surface area contributed by atoms with Crippen LogP contribution in [0, 0.1) is 5.92 Å². The molecule has 4 aromatic carbocycles. The van der Waals surface area contributed by atoms with E-state index in [1.807, 2.05) is 103 Å². The standard InChI is InChI=1S/C35H31N3O2/c1-38(35(40)27-17-9-4-10-18-27)23-29-31(34(39)37-32(26-21-22-26)24-13-5-2-6-14-24)28-19-11-12-20-30(28)36-33(29)25-15-7-3-8-16-25/h2-20,26,32H,21-23H2,1H3,(H,37,39)/t32-/m1/s1. The van der Waals surface area contributed by atoms with Crippen LogP contribution in [0.2, 0.25) is 0 Å². The summed E-state index contributed by atoms with van der Waals surface area (Å²) in [6.45, 7) is 0.234. The first kappa shape index (κ1) is 25.5. The van der Waals surface area contributed by atoms with Gasteiger partial charge in [-0.1, -0.05) is 97.1 Å². The Balaban J connectivity index is 1.48. The second-order valence-corrected chi connectivity index (χ2v) is 10.4. The highest BCUT2D eigenvalue weighted by molar-refractivity contribution is 6.09. The van der Waals surface area contributed by atoms with E-state index in [1.54, 1.807) is 11.9 Å². The monoisotopic (exact) mass is 525 g/mol. The lowest BCUT2D eigenvalue weighted by molar-refractivity contribution is 0.0782. The van der Waals surface area contributed by atoms with Crippen LogP contribution in [0.5, 0.6) is 0 Å². The van der Waals surface area contributed by atoms with Gasteiger partial charge in [0.15, 0.2) is 0 Å². The summed E-state index contributed by atoms with van der Waals surface area (Å²) in [6.07, 6.45) is 2.18. The normalized spacial score (nSPS) is 13.5. The maximum absolute atomic E-state index is 14.4. The van der Waals surface area contributed by atoms with E-state index >= 15 is 0 Å². The van der Waals surface area contributed by atoms with Crippen LogP contribution < -0.4 is 5.32 Å². The summed E-state index contributed by atoms with van der Waals surface area (Å²) in [5, 5.41) is 4.16. The predicted molar refractivity (Wildman–Crippen MR) is 159 cm³/mol. The molecule has 1 atom stereocenters. The van der Waals surface area contributed by atoms with E-state index in [9.17, 15) is 9.59 Å². The number of pyridine rings is 1. The van der Waals surface area contributed by atoms with Gasteiger partial charge in [0, 0.05) is 35.7 Å². The number of aromatic nitrogens is 1. The van der Waals surface area contributed by atoms with Gasteiger partial charge in [0.2, 0.25) is 0 Å². The highest BCUT2D eigenvalue weighted by Crippen LogP contribution is 2.41. The third-order valence-corrected chi connectivity index (χ3v) is 7.57. The third kappa shape index (κ3) is 5.23. The van der Waals surface area contributed by atoms with Gasteiger partial charge in [-0.25, -0.2) is 4.98 Å². The Morgan fingerprint density at radius 2 is 1.43 bits per heavy atom. The molecule has 1 fully saturated rings. The van der Waals surface area contributed by atoms with Gasteiger partial charge in [-0.05, 0) is 42.5 Å². The summed E-state index contributed by atoms with van der Waals surface area (Å²) >= 11 is 0. The van der Waals surface area contributed by atoms with E-state index in [-0.39, 0.29) is 24.4 Å². The van der Waals surface area contributed by atoms with Crippen molar-refractivity contribution in [3.05, 3.63) is 138 Å². The molecule has 1 aliphatic rings. The molecule has 0 aliphatic heterocycles. The van der Waals surface area contributed by atoms with Crippen molar-refractivity contribution in [2.24, 2.45) is 5.92 Å². The fourth-order valence-electron chi connectivity index (χ4n) is 5.39. The van der Waals surface area contributed by atoms with Crippen LogP contribution in [-0.2, 0) is 6.54 Å². The zero-order valence-corrected chi connectivity index (χ0v) is 22.5. The Kier molecular flexibility index (Phi) is 7.11. The summed E-state index contributed by atoms with van der Waals surface area (Å²) in [4.78, 5) is 34.5. The molecule has 2 amide bonds. The smallest absolute Gasteiger partial charge is 0.253 e. The highest BCUT2D eigenvalue weighted by atomic mass is 16.2. The van der Waals surface area contributed by atoms with Crippen LogP contribution in [0.4, 0.5) is 0 Å². The molecule has 5 aromatic rings. The number of rotatable bonds is 8. The maximum Gasteiger partial charge on any atom is 0.253 e. The fourth-order valence-corrected chi connectivity index (χ4v) is 5.39. The van der Waals surface area contributed by atoms with E-state index in [1.165, 1.54) is 0 Å². The Hall–Kier alpha value is -4.77. The molecule has 5 heteroatoms. The molecule has 0 saturated heterocycles. The Labute approximate surface area is 234 Å². The maximum atomic E-state index is 14.4. The van der Waals surface area contributed by atoms with Crippen LogP contribution >= 0.6 is 0 Å². The van der Waals surface area contributed by atoms with Crippen molar-refractivity contribution in [1.29, 1.82) is 0 Å². The molecule has 0 bridgehead atoms. The first-order valence-electron chi connectivity index (χ1n) is 13.7. The average molecular weight is 526 g/mol. The van der Waals surface area contributed by atoms with Gasteiger partial charge < -0.3 is 10.2 Å². The molecule has 0 unspecified atom stereocenters. The molecule has 5 nitrogen and oxygen atoms in total. The number of carbonyl (C=O) groups excluding carboxylic acids is 2. The van der Waals surface area contributed by atoms with Crippen LogP contribution in [0.15, 0.2) is 115 Å². The molecule has 40 heavy (non-hydrogen) atoms. The van der Waals surface area contributed by atoms with E-state index in [4.69, 9.17) is 4.98 Å². The van der Waals surface area contributed by atoms with Crippen molar-refractivity contribution in [2.45, 2.75) is 25.4 Å². The first-order valence-corrected chi connectivity index (χ1v) is 13.7. The quantitative estimate of drug-likeness (QED) is 0.236. The Bertz CT molecular complexity index is 1650. The van der Waals surface area contributed by atoms with Crippen molar-refractivity contribution in [2.75, 3.05) is 7.05 Å². The van der Waals surface area contributed by atoms with Gasteiger partial charge in [0.25, 0.3) is 11.8 Å². The predicted octanol–water partition coefficient (Wildman–Crippen LogP) is 7.06. The molecule has 1 aromatic heterocycles. The summed E-state index contributed by atoms with van der Waals surface area (Å²) in [7, 11) is 1.78. The molecular weight excluding hydrogens is 494 g/mol. The molecule has 1 N–H and O–H groups in total. The largest absolute Gasteiger partial charge is 0.345 e. The fraction of sp³-hybridized carbons (Fsp3) is 0.171. The second-order valence-electron chi connectivity index (χ2n) is 10.4. The minimum absolute atomic E-state index is 0.0719. The van der Waals surface area contributed by atoms with Gasteiger partial charge in [-0.15, -0.1) is 0 Å². The Morgan fingerprint density at radius 1 is 0.825 bits per heavy atom. The lowest BCUT2D eigenvalue weighted by atomic mass is 9.94. The van der Waals surface area contributed by atoms with Crippen molar-refractivity contribution < 1.29 is 9.59 Å². The molecular formula is C35H31N3O2. The number of nitrogens with one attached hydrogen (secondary N) is 1. The van der Waals surface area contributed by atoms with Crippen LogP contribution in [0.25, 0.3) is 22.2 Å². The molecule has 1 saturated carbocycles. The number of fused-ring (bicyclic) bond motifs is 1. The first-order chi connectivity index (χ1) is 19.6. The molecule has 0 radical (unpaired) electrons. The van der Waals surface area contributed by atoms with Gasteiger partial charge in [-0.2, -0.15) is 0 Å². The second kappa shape index (κ2) is 11.1. The van der Waals surface area contributed by atoms with Gasteiger partial charge >= 0.3 is 0 Å². The number of benzene rings is 4. The van der Waals surface area contributed by atoms with Crippen molar-refractivity contribution in [3.8, 4) is 11.3 Å². The zero-order chi connectivity index (χ0) is 27.5. The van der Waals surface area contributed by atoms with Crippen LogP contribution in [0.3, 0.4) is 0 Å². The SMILES string of the molecule is CN(Cc1c(-c2ccccc2)nc2ccccc2c1C(=O)N[C@H](c1ccccc1)C1CC1)C(=O)c1ccccc1. The van der Waals surface area contributed by atoms with Crippen molar-refractivity contribution in [1.82, 2.24) is 15.2 Å². The average Bonchev–Trinajstić information content (AvgIpc) is 3.86. The Morgan fingerprint density at radius 3 is 2.10 bits per heavy atom. The summed E-state index contributed by atoms with van der Waals surface area (Å²) in [5.74, 6) is 0.158. The third-order valence-electron chi connectivity index (χ3n) is 7.57. The van der Waals surface area contributed by atoms with E-state index in [0.29, 0.717) is 22.7 Å². The van der Waals surface area contributed by atoms with Gasteiger partial charge in [0.05, 0.1) is 22.8 Å². The minimum Gasteiger partial charge on any atom is -0.345 e. The van der Waals surface area contributed by atoms with E-state index in [0.717, 1.165) is 40.4 Å². The highest BCUT2D eigenvalue weighted by Gasteiger charge is 2.34. The number of amides is 2. The minimum atomic E-state index is -0.146. The topological polar surface area (TPSA) is 62.3 Å². The zero-order valence-electron chi connectivity index (χ0n) is 22.5. The lowest BCUT2D eigenvalue weighted by Crippen LogP contribution is -2.33. The molecule has 0 spiro atoms. The van der Waals surface area contributed by atoms with E-state index in [2.05, 4.69) is 17.4 Å². The summed E-state index contributed by atoms with van der Waals surface area (Å²) in [6, 6.07) is 37.0. The van der Waals surface area contributed by atoms with Crippen molar-refractivity contribution in [3.63, 3.8) is 0 Å². The molecule has 6 rings (SSSR count). The van der Waals surface area contributed by atoms with Crippen LogP contribution in [0.1, 0.15) is 50.7 Å². The number of para-hydroxylation sites is 1. The van der Waals surface area contributed by atoms with Gasteiger partial charge in [0.1, 0.15) is 0 Å². The number of hydrogen-bond acceptors (Lipinski definition) is 3. The number of nitrogens with zero attached hydrogens (tertiary/aromatic N) is 2. The number of carbonyl (C=O) groups is 2. The molecule has 1 heterocycles. The lowest BCUT2D eigenvalue weighted by Gasteiger charge is -2.25. The molecule has 1 aliphatic carbocycles. The van der Waals surface area contributed by atoms with E-state index < -0.39 is 0 Å². The van der Waals surface area contributed by atoms with Crippen molar-refractivity contribution >= 4 is 22.7 Å².